The summed E-state index contributed by atoms with van der Waals surface area (Å²) in [5.74, 6) is 1.89. The van der Waals surface area contributed by atoms with E-state index < -0.39 is 0 Å². The van der Waals surface area contributed by atoms with E-state index in [0.29, 0.717) is 5.92 Å². The van der Waals surface area contributed by atoms with Crippen molar-refractivity contribution in [3.63, 3.8) is 0 Å². The molecule has 0 bridgehead atoms. The van der Waals surface area contributed by atoms with Gasteiger partial charge in [-0.05, 0) is 30.9 Å². The minimum Gasteiger partial charge on any atom is -0.338 e. The number of nitrogens with zero attached hydrogens (tertiary/aromatic N) is 3. The zero-order valence-electron chi connectivity index (χ0n) is 12.2. The van der Waals surface area contributed by atoms with E-state index >= 15 is 0 Å². The third-order valence-corrected chi connectivity index (χ3v) is 4.35. The van der Waals surface area contributed by atoms with Crippen LogP contribution in [0, 0.1) is 0 Å². The van der Waals surface area contributed by atoms with Crippen LogP contribution >= 0.6 is 0 Å². The topological polar surface area (TPSA) is 21.1 Å². The Kier molecular flexibility index (Phi) is 4.16. The minimum atomic E-state index is 0.700. The van der Waals surface area contributed by atoms with Crippen LogP contribution in [0.3, 0.4) is 0 Å². The molecule has 3 nitrogen and oxygen atoms in total. The monoisotopic (exact) mass is 269 g/mol. The summed E-state index contributed by atoms with van der Waals surface area (Å²) in [5.41, 5.74) is 1.49. The predicted octanol–water partition coefficient (Wildman–Crippen LogP) is 2.84. The van der Waals surface area contributed by atoms with Crippen molar-refractivity contribution in [3.8, 4) is 0 Å². The molecule has 1 unspecified atom stereocenters. The lowest BCUT2D eigenvalue weighted by atomic mass is 9.90. The number of rotatable bonds is 4. The van der Waals surface area contributed by atoms with Gasteiger partial charge in [0.25, 0.3) is 0 Å². The van der Waals surface area contributed by atoms with Gasteiger partial charge in [0.05, 0.1) is 0 Å². The Labute approximate surface area is 121 Å². The number of aromatic nitrogens is 2. The first-order valence-corrected chi connectivity index (χ1v) is 7.56. The maximum absolute atomic E-state index is 4.41. The van der Waals surface area contributed by atoms with Crippen LogP contribution in [0.2, 0.25) is 0 Å². The molecule has 3 heteroatoms. The summed E-state index contributed by atoms with van der Waals surface area (Å²) in [5, 5.41) is 0. The molecule has 0 saturated carbocycles. The van der Waals surface area contributed by atoms with Gasteiger partial charge in [-0.3, -0.25) is 0 Å². The molecule has 1 aromatic carbocycles. The highest BCUT2D eigenvalue weighted by atomic mass is 15.1. The second-order valence-corrected chi connectivity index (χ2v) is 5.75. The smallest absolute Gasteiger partial charge is 0.109 e. The fourth-order valence-corrected chi connectivity index (χ4v) is 3.15. The van der Waals surface area contributed by atoms with Crippen LogP contribution < -0.4 is 0 Å². The fourth-order valence-electron chi connectivity index (χ4n) is 3.15. The summed E-state index contributed by atoms with van der Waals surface area (Å²) in [6, 6.07) is 11.0. The molecule has 0 aliphatic carbocycles. The van der Waals surface area contributed by atoms with E-state index in [1.807, 2.05) is 12.4 Å². The molecule has 0 amide bonds. The van der Waals surface area contributed by atoms with Gasteiger partial charge in [-0.1, -0.05) is 30.3 Å². The van der Waals surface area contributed by atoms with Crippen LogP contribution in [-0.4, -0.2) is 34.1 Å². The molecule has 1 aromatic heterocycles. The summed E-state index contributed by atoms with van der Waals surface area (Å²) in [7, 11) is 2.07. The van der Waals surface area contributed by atoms with E-state index in [4.69, 9.17) is 0 Å². The van der Waals surface area contributed by atoms with E-state index in [-0.39, 0.29) is 0 Å². The first kappa shape index (κ1) is 13.4. The minimum absolute atomic E-state index is 0.700. The lowest BCUT2D eigenvalue weighted by Gasteiger charge is -2.32. The van der Waals surface area contributed by atoms with E-state index in [0.717, 1.165) is 13.0 Å². The summed E-state index contributed by atoms with van der Waals surface area (Å²) in [4.78, 5) is 7.01. The Bertz CT molecular complexity index is 532. The Morgan fingerprint density at radius 1 is 1.25 bits per heavy atom. The molecule has 1 saturated heterocycles. The first-order chi connectivity index (χ1) is 9.83. The van der Waals surface area contributed by atoms with Crippen molar-refractivity contribution in [2.24, 2.45) is 7.05 Å². The van der Waals surface area contributed by atoms with Crippen LogP contribution in [0.15, 0.2) is 42.7 Å². The van der Waals surface area contributed by atoms with Crippen molar-refractivity contribution in [2.75, 3.05) is 19.6 Å². The van der Waals surface area contributed by atoms with E-state index in [1.165, 1.54) is 37.3 Å². The lowest BCUT2D eigenvalue weighted by molar-refractivity contribution is 0.208. The zero-order valence-corrected chi connectivity index (χ0v) is 12.2. The number of likely N-dealkylation sites (tertiary alicyclic amines) is 1. The standard InChI is InChI=1S/C17H23N3/c1-19-13-10-18-17(19)9-12-20-11-5-8-16(14-20)15-6-3-2-4-7-15/h2-4,6-7,10,13,16H,5,8-9,11-12,14H2,1H3. The van der Waals surface area contributed by atoms with Crippen molar-refractivity contribution in [1.82, 2.24) is 14.5 Å². The van der Waals surface area contributed by atoms with Gasteiger partial charge in [-0.2, -0.15) is 0 Å². The van der Waals surface area contributed by atoms with Gasteiger partial charge in [0, 0.05) is 39.0 Å². The van der Waals surface area contributed by atoms with E-state index in [2.05, 4.69) is 51.8 Å². The van der Waals surface area contributed by atoms with Crippen LogP contribution in [0.1, 0.15) is 30.1 Å². The number of hydrogen-bond acceptors (Lipinski definition) is 2. The average Bonchev–Trinajstić information content (AvgIpc) is 2.92. The highest BCUT2D eigenvalue weighted by Gasteiger charge is 2.21. The Balaban J connectivity index is 1.57. The van der Waals surface area contributed by atoms with Crippen LogP contribution in [0.25, 0.3) is 0 Å². The van der Waals surface area contributed by atoms with Gasteiger partial charge in [0.15, 0.2) is 0 Å². The molecular weight excluding hydrogens is 246 g/mol. The molecule has 20 heavy (non-hydrogen) atoms. The molecule has 0 N–H and O–H groups in total. The van der Waals surface area contributed by atoms with Crippen LogP contribution in [-0.2, 0) is 13.5 Å². The molecule has 3 rings (SSSR count). The SMILES string of the molecule is Cn1ccnc1CCN1CCCC(c2ccccc2)C1. The van der Waals surface area contributed by atoms with E-state index in [1.54, 1.807) is 0 Å². The fraction of sp³-hybridized carbons (Fsp3) is 0.471. The first-order valence-electron chi connectivity index (χ1n) is 7.56. The summed E-state index contributed by atoms with van der Waals surface area (Å²) in [6.45, 7) is 3.54. The summed E-state index contributed by atoms with van der Waals surface area (Å²) < 4.78 is 2.12. The molecule has 1 aliphatic heterocycles. The van der Waals surface area contributed by atoms with Gasteiger partial charge in [-0.25, -0.2) is 4.98 Å². The number of imidazole rings is 1. The molecule has 1 fully saturated rings. The quantitative estimate of drug-likeness (QED) is 0.851. The van der Waals surface area contributed by atoms with Crippen molar-refractivity contribution in [2.45, 2.75) is 25.2 Å². The largest absolute Gasteiger partial charge is 0.338 e. The molecule has 2 heterocycles. The molecule has 0 radical (unpaired) electrons. The molecule has 1 aliphatic rings. The maximum Gasteiger partial charge on any atom is 0.109 e. The van der Waals surface area contributed by atoms with Gasteiger partial charge in [-0.15, -0.1) is 0 Å². The molecule has 2 aromatic rings. The second-order valence-electron chi connectivity index (χ2n) is 5.75. The predicted molar refractivity (Wildman–Crippen MR) is 81.8 cm³/mol. The van der Waals surface area contributed by atoms with Crippen molar-refractivity contribution < 1.29 is 0 Å². The molecule has 106 valence electrons. The third-order valence-electron chi connectivity index (χ3n) is 4.35. The Morgan fingerprint density at radius 2 is 2.10 bits per heavy atom. The van der Waals surface area contributed by atoms with Crippen LogP contribution in [0.5, 0.6) is 0 Å². The summed E-state index contributed by atoms with van der Waals surface area (Å²) >= 11 is 0. The summed E-state index contributed by atoms with van der Waals surface area (Å²) in [6.07, 6.45) is 7.59. The Hall–Kier alpha value is -1.61. The Morgan fingerprint density at radius 3 is 2.85 bits per heavy atom. The average molecular weight is 269 g/mol. The van der Waals surface area contributed by atoms with Gasteiger partial charge >= 0.3 is 0 Å². The second kappa shape index (κ2) is 6.23. The van der Waals surface area contributed by atoms with Gasteiger partial charge < -0.3 is 9.47 Å². The van der Waals surface area contributed by atoms with E-state index in [9.17, 15) is 0 Å². The van der Waals surface area contributed by atoms with Crippen LogP contribution in [0.4, 0.5) is 0 Å². The zero-order chi connectivity index (χ0) is 13.8. The number of hydrogen-bond donors (Lipinski definition) is 0. The number of aryl methyl sites for hydroxylation is 1. The van der Waals surface area contributed by atoms with Crippen molar-refractivity contribution in [3.05, 3.63) is 54.1 Å². The number of piperidine rings is 1. The number of benzene rings is 1. The highest BCUT2D eigenvalue weighted by Crippen LogP contribution is 2.26. The highest BCUT2D eigenvalue weighted by molar-refractivity contribution is 5.20. The van der Waals surface area contributed by atoms with Crippen molar-refractivity contribution >= 4 is 0 Å². The van der Waals surface area contributed by atoms with Crippen molar-refractivity contribution in [1.29, 1.82) is 0 Å². The third kappa shape index (κ3) is 3.10. The normalized spacial score (nSPS) is 20.1. The molecule has 1 atom stereocenters. The molecular formula is C17H23N3. The molecule has 0 spiro atoms. The van der Waals surface area contributed by atoms with Gasteiger partial charge in [0.2, 0.25) is 0 Å². The lowest BCUT2D eigenvalue weighted by Crippen LogP contribution is -2.36. The van der Waals surface area contributed by atoms with Gasteiger partial charge in [0.1, 0.15) is 5.82 Å². The maximum atomic E-state index is 4.41.